The van der Waals surface area contributed by atoms with E-state index in [0.29, 0.717) is 5.88 Å². The summed E-state index contributed by atoms with van der Waals surface area (Å²) in [6.07, 6.45) is 1.82. The maximum Gasteiger partial charge on any atom is 0.0685 e. The van der Waals surface area contributed by atoms with Crippen molar-refractivity contribution in [1.82, 2.24) is 4.98 Å². The first-order chi connectivity index (χ1) is 4.74. The molecule has 0 saturated carbocycles. The van der Waals surface area contributed by atoms with E-state index in [-0.39, 0.29) is 12.4 Å². The Labute approximate surface area is 104 Å². The number of hydrogen-bond donors (Lipinski definition) is 0. The molecule has 0 saturated heterocycles. The lowest BCUT2D eigenvalue weighted by atomic mass is 10.4. The molecule has 62 valence electrons. The van der Waals surface area contributed by atoms with E-state index in [1.807, 2.05) is 6.20 Å². The van der Waals surface area contributed by atoms with Crippen LogP contribution in [0.1, 0.15) is 5.69 Å². The Bertz CT molecular complexity index is 242. The zero-order valence-electron chi connectivity index (χ0n) is 5.35. The molecule has 1 aromatic rings. The fourth-order valence-electron chi connectivity index (χ4n) is 0.541. The summed E-state index contributed by atoms with van der Waals surface area (Å²) in [6.45, 7) is 0. The van der Waals surface area contributed by atoms with E-state index in [1.165, 1.54) is 0 Å². The molecular weight excluding hydrogens is 411 g/mol. The van der Waals surface area contributed by atoms with E-state index in [1.54, 1.807) is 0 Å². The minimum Gasteiger partial charge on any atom is -0.258 e. The van der Waals surface area contributed by atoms with Crippen molar-refractivity contribution in [1.29, 1.82) is 0 Å². The number of alkyl halides is 1. The molecule has 0 aliphatic heterocycles. The fraction of sp³-hybridized carbons (Fsp3) is 0.167. The Hall–Kier alpha value is 1.19. The first-order valence-electron chi connectivity index (χ1n) is 2.60. The number of nitrogens with zero attached hydrogens (tertiary/aromatic N) is 1. The highest BCUT2D eigenvalue weighted by Crippen LogP contribution is 2.14. The third kappa shape index (κ3) is 3.61. The topological polar surface area (TPSA) is 12.9 Å². The number of halogens is 4. The molecule has 1 heterocycles. The molecule has 0 aliphatic carbocycles. The van der Waals surface area contributed by atoms with Crippen LogP contribution < -0.4 is 0 Å². The van der Waals surface area contributed by atoms with Crippen LogP contribution >= 0.6 is 69.2 Å². The number of aromatic nitrogens is 1. The van der Waals surface area contributed by atoms with Crippen molar-refractivity contribution < 1.29 is 0 Å². The highest BCUT2D eigenvalue weighted by Gasteiger charge is 1.98. The summed E-state index contributed by atoms with van der Waals surface area (Å²) in [6, 6.07) is 2.06. The lowest BCUT2D eigenvalue weighted by molar-refractivity contribution is 1.14. The molecule has 0 fully saturated rings. The third-order valence-electron chi connectivity index (χ3n) is 1.01. The molecule has 0 aromatic carbocycles. The van der Waals surface area contributed by atoms with Gasteiger partial charge in [0, 0.05) is 13.3 Å². The maximum absolute atomic E-state index is 5.61. The summed E-state index contributed by atoms with van der Waals surface area (Å²) >= 11 is 10.1. The van der Waals surface area contributed by atoms with Crippen molar-refractivity contribution in [3.05, 3.63) is 25.1 Å². The molecule has 11 heavy (non-hydrogen) atoms. The van der Waals surface area contributed by atoms with Crippen LogP contribution in [0.3, 0.4) is 0 Å². The molecule has 0 amide bonds. The molecule has 5 heteroatoms. The normalized spacial score (nSPS) is 9.00. The van der Waals surface area contributed by atoms with E-state index in [2.05, 4.69) is 56.2 Å². The van der Waals surface area contributed by atoms with Crippen molar-refractivity contribution in [2.45, 2.75) is 5.88 Å². The quantitative estimate of drug-likeness (QED) is 0.506. The average molecular weight is 416 g/mol. The molecule has 0 unspecified atom stereocenters. The van der Waals surface area contributed by atoms with Gasteiger partial charge in [0.05, 0.1) is 11.6 Å². The van der Waals surface area contributed by atoms with Gasteiger partial charge >= 0.3 is 0 Å². The summed E-state index contributed by atoms with van der Waals surface area (Å²) in [5, 5.41) is 0. The second-order valence-corrected chi connectivity index (χ2v) is 4.39. The lowest BCUT2D eigenvalue weighted by Crippen LogP contribution is -1.89. The van der Waals surface area contributed by atoms with Gasteiger partial charge in [0.15, 0.2) is 0 Å². The van der Waals surface area contributed by atoms with E-state index < -0.39 is 0 Å². The minimum atomic E-state index is 0. The number of rotatable bonds is 1. The molecule has 0 spiro atoms. The molecule has 0 aliphatic rings. The van der Waals surface area contributed by atoms with Crippen molar-refractivity contribution >= 4 is 69.2 Å². The largest absolute Gasteiger partial charge is 0.258 e. The minimum absolute atomic E-state index is 0. The summed E-state index contributed by atoms with van der Waals surface area (Å²) in [4.78, 5) is 4.15. The fourth-order valence-corrected chi connectivity index (χ4v) is 2.69. The Morgan fingerprint density at radius 3 is 2.55 bits per heavy atom. The molecular formula is C6H5Cl2I2N. The van der Waals surface area contributed by atoms with Gasteiger partial charge in [-0.25, -0.2) is 0 Å². The molecule has 0 bridgehead atoms. The summed E-state index contributed by atoms with van der Waals surface area (Å²) in [5.41, 5.74) is 0.961. The van der Waals surface area contributed by atoms with Gasteiger partial charge in [-0.1, -0.05) is 0 Å². The molecule has 0 radical (unpaired) electrons. The Kier molecular flexibility index (Phi) is 6.39. The maximum atomic E-state index is 5.61. The predicted molar refractivity (Wildman–Crippen MR) is 66.5 cm³/mol. The van der Waals surface area contributed by atoms with E-state index in [4.69, 9.17) is 11.6 Å². The van der Waals surface area contributed by atoms with Gasteiger partial charge in [-0.3, -0.25) is 4.98 Å². The molecule has 0 N–H and O–H groups in total. The standard InChI is InChI=1S/C6H4ClI2N.ClH/c7-2-6-5(9)1-4(8)3-10-6;/h1,3H,2H2;1H. The van der Waals surface area contributed by atoms with Gasteiger partial charge in [0.2, 0.25) is 0 Å². The summed E-state index contributed by atoms with van der Waals surface area (Å²) in [5.74, 6) is 0.495. The van der Waals surface area contributed by atoms with E-state index in [9.17, 15) is 0 Å². The number of hydrogen-bond acceptors (Lipinski definition) is 1. The second kappa shape index (κ2) is 5.77. The monoisotopic (exact) mass is 415 g/mol. The summed E-state index contributed by atoms with van der Waals surface area (Å²) < 4.78 is 2.29. The van der Waals surface area contributed by atoms with Gasteiger partial charge in [-0.15, -0.1) is 24.0 Å². The van der Waals surface area contributed by atoms with Gasteiger partial charge in [-0.05, 0) is 51.2 Å². The van der Waals surface area contributed by atoms with Crippen LogP contribution in [-0.4, -0.2) is 4.98 Å². The van der Waals surface area contributed by atoms with Crippen molar-refractivity contribution in [3.8, 4) is 0 Å². The van der Waals surface area contributed by atoms with Crippen LogP contribution in [0.15, 0.2) is 12.3 Å². The molecule has 0 atom stereocenters. The first kappa shape index (κ1) is 12.2. The zero-order valence-corrected chi connectivity index (χ0v) is 11.2. The average Bonchev–Trinajstić information content (AvgIpc) is 1.88. The Morgan fingerprint density at radius 1 is 1.45 bits per heavy atom. The molecule has 1 nitrogen and oxygen atoms in total. The van der Waals surface area contributed by atoms with Crippen LogP contribution in [0.2, 0.25) is 0 Å². The number of pyridine rings is 1. The van der Waals surface area contributed by atoms with Crippen molar-refractivity contribution in [2.24, 2.45) is 0 Å². The Morgan fingerprint density at radius 2 is 2.09 bits per heavy atom. The van der Waals surface area contributed by atoms with E-state index in [0.717, 1.165) is 12.8 Å². The first-order valence-corrected chi connectivity index (χ1v) is 5.29. The van der Waals surface area contributed by atoms with Crippen LogP contribution in [-0.2, 0) is 5.88 Å². The second-order valence-electron chi connectivity index (χ2n) is 1.72. The molecule has 1 aromatic heterocycles. The predicted octanol–water partition coefficient (Wildman–Crippen LogP) is 3.45. The lowest BCUT2D eigenvalue weighted by Gasteiger charge is -1.97. The summed E-state index contributed by atoms with van der Waals surface area (Å²) in [7, 11) is 0. The van der Waals surface area contributed by atoms with Gasteiger partial charge < -0.3 is 0 Å². The third-order valence-corrected chi connectivity index (χ3v) is 2.79. The highest BCUT2D eigenvalue weighted by atomic mass is 127. The molecule has 1 rings (SSSR count). The van der Waals surface area contributed by atoms with Gasteiger partial charge in [-0.2, -0.15) is 0 Å². The van der Waals surface area contributed by atoms with Gasteiger partial charge in [0.1, 0.15) is 0 Å². The van der Waals surface area contributed by atoms with Crippen LogP contribution in [0, 0.1) is 7.14 Å². The SMILES string of the molecule is Cl.ClCc1ncc(I)cc1I. The van der Waals surface area contributed by atoms with Crippen molar-refractivity contribution in [2.75, 3.05) is 0 Å². The zero-order chi connectivity index (χ0) is 7.56. The highest BCUT2D eigenvalue weighted by molar-refractivity contribution is 14.1. The smallest absolute Gasteiger partial charge is 0.0685 e. The van der Waals surface area contributed by atoms with E-state index >= 15 is 0 Å². The van der Waals surface area contributed by atoms with Gasteiger partial charge in [0.25, 0.3) is 0 Å². The Balaban J connectivity index is 0.000001000. The van der Waals surface area contributed by atoms with Crippen LogP contribution in [0.25, 0.3) is 0 Å². The van der Waals surface area contributed by atoms with Crippen LogP contribution in [0.5, 0.6) is 0 Å². The van der Waals surface area contributed by atoms with Crippen LogP contribution in [0.4, 0.5) is 0 Å². The van der Waals surface area contributed by atoms with Crippen molar-refractivity contribution in [3.63, 3.8) is 0 Å².